The van der Waals surface area contributed by atoms with Gasteiger partial charge >= 0.3 is 6.03 Å². The Morgan fingerprint density at radius 2 is 1.96 bits per heavy atom. The second-order valence-corrected chi connectivity index (χ2v) is 6.34. The Kier molecular flexibility index (Phi) is 4.78. The van der Waals surface area contributed by atoms with E-state index in [2.05, 4.69) is 5.32 Å². The van der Waals surface area contributed by atoms with E-state index in [-0.39, 0.29) is 6.03 Å². The number of amides is 2. The summed E-state index contributed by atoms with van der Waals surface area (Å²) in [6.45, 7) is 3.00. The van der Waals surface area contributed by atoms with Crippen LogP contribution in [-0.2, 0) is 13.1 Å². The molecule has 3 aromatic rings. The van der Waals surface area contributed by atoms with Crippen molar-refractivity contribution in [3.63, 3.8) is 0 Å². The zero-order chi connectivity index (χ0) is 16.1. The van der Waals surface area contributed by atoms with E-state index in [4.69, 9.17) is 4.42 Å². The molecule has 0 unspecified atom stereocenters. The van der Waals surface area contributed by atoms with E-state index >= 15 is 0 Å². The second kappa shape index (κ2) is 7.15. The van der Waals surface area contributed by atoms with Gasteiger partial charge in [-0.1, -0.05) is 23.8 Å². The lowest BCUT2D eigenvalue weighted by atomic mass is 10.2. The quantitative estimate of drug-likeness (QED) is 0.726. The van der Waals surface area contributed by atoms with Gasteiger partial charge in [0.15, 0.2) is 0 Å². The first-order chi connectivity index (χ1) is 11.2. The van der Waals surface area contributed by atoms with Gasteiger partial charge in [-0.25, -0.2) is 4.79 Å². The number of hydrogen-bond acceptors (Lipinski definition) is 3. The average Bonchev–Trinajstić information content (AvgIpc) is 3.22. The van der Waals surface area contributed by atoms with Crippen molar-refractivity contribution in [2.45, 2.75) is 20.0 Å². The predicted octanol–water partition coefficient (Wildman–Crippen LogP) is 4.88. The fraction of sp³-hybridized carbons (Fsp3) is 0.167. The first kappa shape index (κ1) is 15.4. The molecule has 4 nitrogen and oxygen atoms in total. The van der Waals surface area contributed by atoms with Crippen LogP contribution in [0.2, 0.25) is 0 Å². The van der Waals surface area contributed by atoms with Crippen LogP contribution in [0.1, 0.15) is 16.2 Å². The lowest BCUT2D eigenvalue weighted by Gasteiger charge is -2.21. The summed E-state index contributed by atoms with van der Waals surface area (Å²) >= 11 is 1.64. The largest absolute Gasteiger partial charge is 0.467 e. The Balaban J connectivity index is 1.73. The van der Waals surface area contributed by atoms with Crippen LogP contribution in [-0.4, -0.2) is 10.9 Å². The number of anilines is 1. The predicted molar refractivity (Wildman–Crippen MR) is 92.5 cm³/mol. The molecular formula is C18H18N2O2S. The molecule has 5 heteroatoms. The molecule has 0 fully saturated rings. The summed E-state index contributed by atoms with van der Waals surface area (Å²) in [4.78, 5) is 15.5. The van der Waals surface area contributed by atoms with E-state index in [1.54, 1.807) is 22.5 Å². The average molecular weight is 326 g/mol. The van der Waals surface area contributed by atoms with Crippen molar-refractivity contribution in [3.05, 3.63) is 76.4 Å². The molecule has 0 aliphatic carbocycles. The summed E-state index contributed by atoms with van der Waals surface area (Å²) in [7, 11) is 0. The van der Waals surface area contributed by atoms with Gasteiger partial charge in [0.1, 0.15) is 5.76 Å². The van der Waals surface area contributed by atoms with Gasteiger partial charge in [0, 0.05) is 10.6 Å². The Bertz CT molecular complexity index is 698. The van der Waals surface area contributed by atoms with Gasteiger partial charge in [-0.05, 0) is 42.6 Å². The van der Waals surface area contributed by atoms with Gasteiger partial charge in [-0.2, -0.15) is 0 Å². The van der Waals surface area contributed by atoms with Crippen LogP contribution < -0.4 is 5.32 Å². The number of aryl methyl sites for hydroxylation is 1. The summed E-state index contributed by atoms with van der Waals surface area (Å²) in [6, 6.07) is 15.3. The second-order valence-electron chi connectivity index (χ2n) is 5.31. The summed E-state index contributed by atoms with van der Waals surface area (Å²) in [5, 5.41) is 4.96. The lowest BCUT2D eigenvalue weighted by Crippen LogP contribution is -2.33. The molecular weight excluding hydrogens is 308 g/mol. The molecule has 23 heavy (non-hydrogen) atoms. The maximum absolute atomic E-state index is 12.6. The minimum atomic E-state index is -0.140. The van der Waals surface area contributed by atoms with E-state index in [0.29, 0.717) is 13.1 Å². The van der Waals surface area contributed by atoms with Crippen LogP contribution in [0.3, 0.4) is 0 Å². The van der Waals surface area contributed by atoms with Crippen molar-refractivity contribution in [1.82, 2.24) is 4.90 Å². The van der Waals surface area contributed by atoms with Gasteiger partial charge in [-0.15, -0.1) is 11.3 Å². The first-order valence-electron chi connectivity index (χ1n) is 7.38. The van der Waals surface area contributed by atoms with Crippen molar-refractivity contribution in [2.75, 3.05) is 5.32 Å². The number of nitrogens with one attached hydrogen (secondary N) is 1. The summed E-state index contributed by atoms with van der Waals surface area (Å²) in [5.74, 6) is 0.764. The third-order valence-electron chi connectivity index (χ3n) is 3.44. The van der Waals surface area contributed by atoms with Crippen molar-refractivity contribution in [1.29, 1.82) is 0 Å². The van der Waals surface area contributed by atoms with Crippen LogP contribution in [0.25, 0.3) is 0 Å². The van der Waals surface area contributed by atoms with Gasteiger partial charge in [0.05, 0.1) is 19.4 Å². The molecule has 1 N–H and O–H groups in total. The maximum Gasteiger partial charge on any atom is 0.322 e. The van der Waals surface area contributed by atoms with Crippen molar-refractivity contribution < 1.29 is 9.21 Å². The van der Waals surface area contributed by atoms with Crippen LogP contribution in [0.4, 0.5) is 10.5 Å². The first-order valence-corrected chi connectivity index (χ1v) is 8.26. The number of benzene rings is 1. The van der Waals surface area contributed by atoms with Gasteiger partial charge < -0.3 is 14.6 Å². The standard InChI is InChI=1S/C18H18N2O2S/c1-14-6-8-15(9-7-14)19-18(21)20(12-16-4-2-10-22-16)13-17-5-3-11-23-17/h2-11H,12-13H2,1H3,(H,19,21). The topological polar surface area (TPSA) is 45.5 Å². The number of urea groups is 1. The molecule has 1 aromatic carbocycles. The van der Waals surface area contributed by atoms with E-state index < -0.39 is 0 Å². The van der Waals surface area contributed by atoms with E-state index in [1.165, 1.54) is 0 Å². The number of carbonyl (C=O) groups excluding carboxylic acids is 1. The maximum atomic E-state index is 12.6. The van der Waals surface area contributed by atoms with Crippen LogP contribution in [0.15, 0.2) is 64.6 Å². The molecule has 0 saturated heterocycles. The lowest BCUT2D eigenvalue weighted by molar-refractivity contribution is 0.202. The Morgan fingerprint density at radius 1 is 1.13 bits per heavy atom. The van der Waals surface area contributed by atoms with Gasteiger partial charge in [0.2, 0.25) is 0 Å². The minimum absolute atomic E-state index is 0.140. The molecule has 118 valence electrons. The Morgan fingerprint density at radius 3 is 2.61 bits per heavy atom. The summed E-state index contributed by atoms with van der Waals surface area (Å²) in [5.41, 5.74) is 1.95. The van der Waals surface area contributed by atoms with Crippen molar-refractivity contribution >= 4 is 23.1 Å². The molecule has 0 atom stereocenters. The fourth-order valence-corrected chi connectivity index (χ4v) is 2.94. The van der Waals surface area contributed by atoms with Crippen LogP contribution in [0.5, 0.6) is 0 Å². The zero-order valence-corrected chi connectivity index (χ0v) is 13.7. The highest BCUT2D eigenvalue weighted by Gasteiger charge is 2.16. The smallest absolute Gasteiger partial charge is 0.322 e. The van der Waals surface area contributed by atoms with E-state index in [0.717, 1.165) is 21.9 Å². The highest BCUT2D eigenvalue weighted by molar-refractivity contribution is 7.09. The van der Waals surface area contributed by atoms with Crippen molar-refractivity contribution in [2.24, 2.45) is 0 Å². The summed E-state index contributed by atoms with van der Waals surface area (Å²) < 4.78 is 5.38. The zero-order valence-electron chi connectivity index (χ0n) is 12.9. The number of rotatable bonds is 5. The highest BCUT2D eigenvalue weighted by atomic mass is 32.1. The summed E-state index contributed by atoms with van der Waals surface area (Å²) in [6.07, 6.45) is 1.62. The molecule has 0 aliphatic rings. The van der Waals surface area contributed by atoms with Crippen molar-refractivity contribution in [3.8, 4) is 0 Å². The minimum Gasteiger partial charge on any atom is -0.467 e. The molecule has 0 spiro atoms. The number of nitrogens with zero attached hydrogens (tertiary/aromatic N) is 1. The molecule has 0 bridgehead atoms. The number of furan rings is 1. The molecule has 3 rings (SSSR count). The SMILES string of the molecule is Cc1ccc(NC(=O)N(Cc2ccco2)Cc2cccs2)cc1. The van der Waals surface area contributed by atoms with E-state index in [9.17, 15) is 4.79 Å². The van der Waals surface area contributed by atoms with Crippen LogP contribution >= 0.6 is 11.3 Å². The fourth-order valence-electron chi connectivity index (χ4n) is 2.22. The third-order valence-corrected chi connectivity index (χ3v) is 4.30. The van der Waals surface area contributed by atoms with Gasteiger partial charge in [-0.3, -0.25) is 0 Å². The number of carbonyl (C=O) groups is 1. The molecule has 0 radical (unpaired) electrons. The van der Waals surface area contributed by atoms with Crippen LogP contribution in [0, 0.1) is 6.92 Å². The molecule has 2 amide bonds. The monoisotopic (exact) mass is 326 g/mol. The number of thiophene rings is 1. The third kappa shape index (κ3) is 4.23. The Hall–Kier alpha value is -2.53. The van der Waals surface area contributed by atoms with Gasteiger partial charge in [0.25, 0.3) is 0 Å². The molecule has 0 saturated carbocycles. The van der Waals surface area contributed by atoms with E-state index in [1.807, 2.05) is 60.8 Å². The highest BCUT2D eigenvalue weighted by Crippen LogP contribution is 2.17. The molecule has 2 heterocycles. The molecule has 2 aromatic heterocycles. The Labute approximate surface area is 139 Å². The number of hydrogen-bond donors (Lipinski definition) is 1. The normalized spacial score (nSPS) is 10.5. The molecule has 0 aliphatic heterocycles.